The standard InChI is InChI=1S/C11H14IN3O2/c1-2-13-10(16)7-14-11(17)15-9-5-3-8(12)4-6-9/h3-6H,2,7H2,1H3,(H,13,16)(H2,14,15,17). The minimum absolute atomic E-state index is 0.0238. The van der Waals surface area contributed by atoms with Crippen LogP contribution in [0.1, 0.15) is 6.92 Å². The van der Waals surface area contributed by atoms with Crippen molar-refractivity contribution in [1.82, 2.24) is 10.6 Å². The van der Waals surface area contributed by atoms with Gasteiger partial charge in [0.2, 0.25) is 5.91 Å². The molecule has 0 saturated carbocycles. The molecule has 0 atom stereocenters. The number of benzene rings is 1. The Kier molecular flexibility index (Phi) is 5.75. The minimum atomic E-state index is -0.391. The molecule has 0 fully saturated rings. The van der Waals surface area contributed by atoms with Gasteiger partial charge in [-0.05, 0) is 53.8 Å². The Morgan fingerprint density at radius 2 is 1.82 bits per heavy atom. The van der Waals surface area contributed by atoms with Crippen LogP contribution in [-0.4, -0.2) is 25.0 Å². The van der Waals surface area contributed by atoms with Crippen LogP contribution in [0, 0.1) is 3.57 Å². The van der Waals surface area contributed by atoms with E-state index in [4.69, 9.17) is 0 Å². The molecule has 1 rings (SSSR count). The molecule has 0 bridgehead atoms. The van der Waals surface area contributed by atoms with Crippen LogP contribution in [0.5, 0.6) is 0 Å². The summed E-state index contributed by atoms with van der Waals surface area (Å²) in [7, 11) is 0. The molecule has 3 amide bonds. The molecule has 0 aliphatic carbocycles. The van der Waals surface area contributed by atoms with Crippen LogP contribution in [0.3, 0.4) is 0 Å². The number of carbonyl (C=O) groups excluding carboxylic acids is 2. The quantitative estimate of drug-likeness (QED) is 0.724. The topological polar surface area (TPSA) is 70.2 Å². The Morgan fingerprint density at radius 3 is 2.41 bits per heavy atom. The molecule has 0 aliphatic heterocycles. The Hall–Kier alpha value is -1.31. The van der Waals surface area contributed by atoms with Crippen LogP contribution >= 0.6 is 22.6 Å². The molecule has 6 heteroatoms. The maximum atomic E-state index is 11.4. The van der Waals surface area contributed by atoms with Crippen molar-refractivity contribution >= 4 is 40.2 Å². The number of likely N-dealkylation sites (N-methyl/N-ethyl adjacent to an activating group) is 1. The first-order valence-electron chi connectivity index (χ1n) is 5.19. The molecule has 0 spiro atoms. The van der Waals surface area contributed by atoms with Crippen molar-refractivity contribution in [3.8, 4) is 0 Å². The first-order valence-corrected chi connectivity index (χ1v) is 6.27. The van der Waals surface area contributed by atoms with Crippen LogP contribution < -0.4 is 16.0 Å². The summed E-state index contributed by atoms with van der Waals surface area (Å²) in [5, 5.41) is 7.69. The predicted octanol–water partition coefficient (Wildman–Crippen LogP) is 1.55. The summed E-state index contributed by atoms with van der Waals surface area (Å²) in [5.74, 6) is -0.203. The molecule has 0 radical (unpaired) electrons. The van der Waals surface area contributed by atoms with Gasteiger partial charge in [-0.1, -0.05) is 0 Å². The van der Waals surface area contributed by atoms with Gasteiger partial charge in [-0.2, -0.15) is 0 Å². The zero-order valence-electron chi connectivity index (χ0n) is 9.42. The molecule has 3 N–H and O–H groups in total. The van der Waals surface area contributed by atoms with Gasteiger partial charge < -0.3 is 16.0 Å². The molecule has 0 aliphatic rings. The monoisotopic (exact) mass is 347 g/mol. The normalized spacial score (nSPS) is 9.53. The summed E-state index contributed by atoms with van der Waals surface area (Å²) in [5.41, 5.74) is 0.693. The van der Waals surface area contributed by atoms with Crippen molar-refractivity contribution in [2.24, 2.45) is 0 Å². The van der Waals surface area contributed by atoms with Gasteiger partial charge in [-0.3, -0.25) is 4.79 Å². The molecule has 92 valence electrons. The third kappa shape index (κ3) is 5.53. The molecule has 0 unspecified atom stereocenters. The lowest BCUT2D eigenvalue weighted by Gasteiger charge is -2.07. The van der Waals surface area contributed by atoms with Crippen molar-refractivity contribution in [3.63, 3.8) is 0 Å². The summed E-state index contributed by atoms with van der Waals surface area (Å²) < 4.78 is 1.09. The predicted molar refractivity (Wildman–Crippen MR) is 74.9 cm³/mol. The van der Waals surface area contributed by atoms with Crippen molar-refractivity contribution < 1.29 is 9.59 Å². The van der Waals surface area contributed by atoms with Gasteiger partial charge in [0.1, 0.15) is 0 Å². The first-order chi connectivity index (χ1) is 8.11. The second-order valence-corrected chi connectivity index (χ2v) is 4.51. The second-order valence-electron chi connectivity index (χ2n) is 3.27. The number of halogens is 1. The molecular formula is C11H14IN3O2. The average molecular weight is 347 g/mol. The third-order valence-electron chi connectivity index (χ3n) is 1.89. The number of carbonyl (C=O) groups is 2. The number of amides is 3. The fourth-order valence-corrected chi connectivity index (χ4v) is 1.49. The lowest BCUT2D eigenvalue weighted by atomic mass is 10.3. The number of urea groups is 1. The maximum absolute atomic E-state index is 11.4. The average Bonchev–Trinajstić information content (AvgIpc) is 2.30. The number of nitrogens with one attached hydrogen (secondary N) is 3. The van der Waals surface area contributed by atoms with E-state index in [-0.39, 0.29) is 12.5 Å². The number of anilines is 1. The van der Waals surface area contributed by atoms with E-state index in [2.05, 4.69) is 38.5 Å². The Labute approximate surface area is 113 Å². The van der Waals surface area contributed by atoms with Gasteiger partial charge >= 0.3 is 6.03 Å². The fraction of sp³-hybridized carbons (Fsp3) is 0.273. The van der Waals surface area contributed by atoms with Crippen LogP contribution in [0.2, 0.25) is 0 Å². The fourth-order valence-electron chi connectivity index (χ4n) is 1.13. The maximum Gasteiger partial charge on any atom is 0.319 e. The molecular weight excluding hydrogens is 333 g/mol. The van der Waals surface area contributed by atoms with Crippen molar-refractivity contribution in [1.29, 1.82) is 0 Å². The summed E-state index contributed by atoms with van der Waals surface area (Å²) >= 11 is 2.18. The summed E-state index contributed by atoms with van der Waals surface area (Å²) in [6.45, 7) is 2.35. The molecule has 1 aromatic rings. The van der Waals surface area contributed by atoms with Crippen molar-refractivity contribution in [2.45, 2.75) is 6.92 Å². The number of rotatable bonds is 4. The Bertz CT molecular complexity index is 392. The first kappa shape index (κ1) is 13.8. The van der Waals surface area contributed by atoms with Crippen LogP contribution in [-0.2, 0) is 4.79 Å². The van der Waals surface area contributed by atoms with E-state index in [1.54, 1.807) is 12.1 Å². The molecule has 0 heterocycles. The molecule has 0 aromatic heterocycles. The summed E-state index contributed by atoms with van der Waals surface area (Å²) in [4.78, 5) is 22.5. The lowest BCUT2D eigenvalue weighted by molar-refractivity contribution is -0.119. The smallest absolute Gasteiger partial charge is 0.319 e. The summed E-state index contributed by atoms with van der Waals surface area (Å²) in [6, 6.07) is 6.98. The van der Waals surface area contributed by atoms with Gasteiger partial charge in [0.25, 0.3) is 0 Å². The lowest BCUT2D eigenvalue weighted by Crippen LogP contribution is -2.38. The van der Waals surface area contributed by atoms with Gasteiger partial charge in [-0.25, -0.2) is 4.79 Å². The van der Waals surface area contributed by atoms with Gasteiger partial charge in [0.05, 0.1) is 6.54 Å². The van der Waals surface area contributed by atoms with Crippen molar-refractivity contribution in [2.75, 3.05) is 18.4 Å². The van der Waals surface area contributed by atoms with Crippen LogP contribution in [0.4, 0.5) is 10.5 Å². The van der Waals surface area contributed by atoms with Gasteiger partial charge in [0.15, 0.2) is 0 Å². The van der Waals surface area contributed by atoms with E-state index in [0.29, 0.717) is 12.2 Å². The van der Waals surface area contributed by atoms with E-state index in [1.165, 1.54) is 0 Å². The molecule has 17 heavy (non-hydrogen) atoms. The van der Waals surface area contributed by atoms with E-state index in [9.17, 15) is 9.59 Å². The number of hydrogen-bond acceptors (Lipinski definition) is 2. The van der Waals surface area contributed by atoms with Crippen LogP contribution in [0.15, 0.2) is 24.3 Å². The van der Waals surface area contributed by atoms with E-state index in [1.807, 2.05) is 19.1 Å². The highest BCUT2D eigenvalue weighted by Gasteiger charge is 2.04. The van der Waals surface area contributed by atoms with Crippen LogP contribution in [0.25, 0.3) is 0 Å². The van der Waals surface area contributed by atoms with E-state index < -0.39 is 6.03 Å². The molecule has 5 nitrogen and oxygen atoms in total. The Morgan fingerprint density at radius 1 is 1.18 bits per heavy atom. The van der Waals surface area contributed by atoms with E-state index in [0.717, 1.165) is 3.57 Å². The van der Waals surface area contributed by atoms with Gasteiger partial charge in [-0.15, -0.1) is 0 Å². The largest absolute Gasteiger partial charge is 0.355 e. The zero-order chi connectivity index (χ0) is 12.7. The van der Waals surface area contributed by atoms with Gasteiger partial charge in [0, 0.05) is 15.8 Å². The highest BCUT2D eigenvalue weighted by atomic mass is 127. The molecule has 1 aromatic carbocycles. The zero-order valence-corrected chi connectivity index (χ0v) is 11.6. The van der Waals surface area contributed by atoms with E-state index >= 15 is 0 Å². The highest BCUT2D eigenvalue weighted by molar-refractivity contribution is 14.1. The SMILES string of the molecule is CCNC(=O)CNC(=O)Nc1ccc(I)cc1. The molecule has 0 saturated heterocycles. The minimum Gasteiger partial charge on any atom is -0.355 e. The number of hydrogen-bond donors (Lipinski definition) is 3. The van der Waals surface area contributed by atoms with Crippen molar-refractivity contribution in [3.05, 3.63) is 27.8 Å². The third-order valence-corrected chi connectivity index (χ3v) is 2.60. The Balaban J connectivity index is 2.34. The second kappa shape index (κ2) is 7.10. The summed E-state index contributed by atoms with van der Waals surface area (Å²) in [6.07, 6.45) is 0. The highest BCUT2D eigenvalue weighted by Crippen LogP contribution is 2.10.